The molecule has 1 atom stereocenters. The molecule has 0 radical (unpaired) electrons. The molecule has 0 heterocycles. The Morgan fingerprint density at radius 3 is 2.67 bits per heavy atom. The Balaban J connectivity index is 2.81. The number of hydrogen-bond acceptors (Lipinski definition) is 2. The van der Waals surface area contributed by atoms with Crippen LogP contribution in [-0.4, -0.2) is 0 Å². The first-order valence-corrected chi connectivity index (χ1v) is 5.10. The van der Waals surface area contributed by atoms with Crippen molar-refractivity contribution in [1.82, 2.24) is 5.43 Å². The number of unbranched alkanes of at least 4 members (excludes halogenated alkanes) is 1. The van der Waals surface area contributed by atoms with Gasteiger partial charge in [0.1, 0.15) is 11.6 Å². The van der Waals surface area contributed by atoms with E-state index in [-0.39, 0.29) is 6.04 Å². The van der Waals surface area contributed by atoms with E-state index >= 15 is 0 Å². The van der Waals surface area contributed by atoms with Gasteiger partial charge in [-0.3, -0.25) is 11.3 Å². The Hall–Kier alpha value is -1.00. The zero-order valence-electron chi connectivity index (χ0n) is 8.76. The largest absolute Gasteiger partial charge is 0.271 e. The standard InChI is InChI=1S/C11H16F2N2/c1-2-3-4-11(15-14)9-6-5-8(12)7-10(9)13/h5-7,11,15H,2-4,14H2,1H3. The van der Waals surface area contributed by atoms with Gasteiger partial charge in [0.05, 0.1) is 0 Å². The molecule has 0 bridgehead atoms. The molecule has 1 aromatic rings. The van der Waals surface area contributed by atoms with Gasteiger partial charge in [-0.1, -0.05) is 25.8 Å². The molecular formula is C11H16F2N2. The zero-order chi connectivity index (χ0) is 11.3. The van der Waals surface area contributed by atoms with Crippen molar-refractivity contribution in [2.24, 2.45) is 5.84 Å². The highest BCUT2D eigenvalue weighted by molar-refractivity contribution is 5.21. The average molecular weight is 214 g/mol. The lowest BCUT2D eigenvalue weighted by atomic mass is 10.0. The average Bonchev–Trinajstić information content (AvgIpc) is 2.21. The van der Waals surface area contributed by atoms with Crippen molar-refractivity contribution in [1.29, 1.82) is 0 Å². The minimum atomic E-state index is -0.567. The van der Waals surface area contributed by atoms with Crippen molar-refractivity contribution in [3.05, 3.63) is 35.4 Å². The van der Waals surface area contributed by atoms with Crippen LogP contribution in [0.3, 0.4) is 0 Å². The van der Waals surface area contributed by atoms with E-state index in [0.717, 1.165) is 25.3 Å². The van der Waals surface area contributed by atoms with Gasteiger partial charge in [0.2, 0.25) is 0 Å². The third-order valence-electron chi connectivity index (χ3n) is 2.39. The summed E-state index contributed by atoms with van der Waals surface area (Å²) in [5.41, 5.74) is 2.97. The van der Waals surface area contributed by atoms with E-state index in [2.05, 4.69) is 12.3 Å². The number of nitrogens with two attached hydrogens (primary N) is 1. The number of rotatable bonds is 5. The van der Waals surface area contributed by atoms with E-state index in [0.29, 0.717) is 5.56 Å². The lowest BCUT2D eigenvalue weighted by Gasteiger charge is -2.16. The molecule has 0 aromatic heterocycles. The van der Waals surface area contributed by atoms with Gasteiger partial charge in [-0.05, 0) is 12.5 Å². The molecule has 0 amide bonds. The van der Waals surface area contributed by atoms with Crippen LogP contribution in [0.4, 0.5) is 8.78 Å². The number of hydrogen-bond donors (Lipinski definition) is 2. The van der Waals surface area contributed by atoms with Crippen molar-refractivity contribution < 1.29 is 8.78 Å². The summed E-state index contributed by atoms with van der Waals surface area (Å²) in [4.78, 5) is 0. The summed E-state index contributed by atoms with van der Waals surface area (Å²) in [6, 6.07) is 3.32. The van der Waals surface area contributed by atoms with Gasteiger partial charge in [0, 0.05) is 17.7 Å². The monoisotopic (exact) mass is 214 g/mol. The molecule has 0 saturated carbocycles. The van der Waals surface area contributed by atoms with Crippen LogP contribution in [0, 0.1) is 11.6 Å². The Bertz CT molecular complexity index is 315. The van der Waals surface area contributed by atoms with Crippen molar-refractivity contribution in [3.8, 4) is 0 Å². The molecule has 15 heavy (non-hydrogen) atoms. The van der Waals surface area contributed by atoms with Crippen LogP contribution in [0.25, 0.3) is 0 Å². The molecule has 1 unspecified atom stereocenters. The molecule has 0 aliphatic heterocycles. The third-order valence-corrected chi connectivity index (χ3v) is 2.39. The molecule has 0 aliphatic rings. The van der Waals surface area contributed by atoms with Crippen LogP contribution >= 0.6 is 0 Å². The highest BCUT2D eigenvalue weighted by atomic mass is 19.1. The number of hydrazine groups is 1. The maximum atomic E-state index is 13.4. The van der Waals surface area contributed by atoms with Gasteiger partial charge >= 0.3 is 0 Å². The van der Waals surface area contributed by atoms with Crippen molar-refractivity contribution in [2.45, 2.75) is 32.2 Å². The topological polar surface area (TPSA) is 38.0 Å². The van der Waals surface area contributed by atoms with Crippen molar-refractivity contribution in [2.75, 3.05) is 0 Å². The molecule has 3 N–H and O–H groups in total. The van der Waals surface area contributed by atoms with E-state index in [9.17, 15) is 8.78 Å². The molecule has 2 nitrogen and oxygen atoms in total. The number of nitrogens with one attached hydrogen (secondary N) is 1. The second-order valence-corrected chi connectivity index (χ2v) is 3.53. The molecule has 0 saturated heterocycles. The second kappa shape index (κ2) is 5.78. The summed E-state index contributed by atoms with van der Waals surface area (Å²) in [5, 5.41) is 0. The maximum Gasteiger partial charge on any atom is 0.130 e. The van der Waals surface area contributed by atoms with Crippen molar-refractivity contribution >= 4 is 0 Å². The Morgan fingerprint density at radius 2 is 2.13 bits per heavy atom. The van der Waals surface area contributed by atoms with E-state index in [1.54, 1.807) is 0 Å². The number of benzene rings is 1. The van der Waals surface area contributed by atoms with E-state index in [1.807, 2.05) is 0 Å². The second-order valence-electron chi connectivity index (χ2n) is 3.53. The third kappa shape index (κ3) is 3.25. The summed E-state index contributed by atoms with van der Waals surface area (Å²) in [6.45, 7) is 2.05. The smallest absolute Gasteiger partial charge is 0.130 e. The molecule has 84 valence electrons. The minimum Gasteiger partial charge on any atom is -0.271 e. The fourth-order valence-electron chi connectivity index (χ4n) is 1.52. The van der Waals surface area contributed by atoms with Crippen LogP contribution in [0.2, 0.25) is 0 Å². The number of halogens is 2. The first-order valence-electron chi connectivity index (χ1n) is 5.10. The van der Waals surface area contributed by atoms with Crippen LogP contribution < -0.4 is 11.3 Å². The van der Waals surface area contributed by atoms with Gasteiger partial charge in [-0.25, -0.2) is 8.78 Å². The minimum absolute atomic E-state index is 0.245. The summed E-state index contributed by atoms with van der Waals surface area (Å²) < 4.78 is 26.1. The Labute approximate surface area is 88.4 Å². The van der Waals surface area contributed by atoms with E-state index in [1.165, 1.54) is 12.1 Å². The van der Waals surface area contributed by atoms with Crippen LogP contribution in [-0.2, 0) is 0 Å². The van der Waals surface area contributed by atoms with Crippen molar-refractivity contribution in [3.63, 3.8) is 0 Å². The first kappa shape index (κ1) is 12.1. The Kier molecular flexibility index (Phi) is 4.65. The van der Waals surface area contributed by atoms with Crippen LogP contribution in [0.1, 0.15) is 37.8 Å². The van der Waals surface area contributed by atoms with Gasteiger partial charge in [0.15, 0.2) is 0 Å². The predicted octanol–water partition coefficient (Wildman–Crippen LogP) is 2.66. The highest BCUT2D eigenvalue weighted by Crippen LogP contribution is 2.22. The van der Waals surface area contributed by atoms with E-state index in [4.69, 9.17) is 5.84 Å². The normalized spacial score (nSPS) is 12.8. The molecule has 4 heteroatoms. The van der Waals surface area contributed by atoms with Gasteiger partial charge < -0.3 is 0 Å². The summed E-state index contributed by atoms with van der Waals surface area (Å²) in [5.74, 6) is 4.23. The van der Waals surface area contributed by atoms with E-state index < -0.39 is 11.6 Å². The van der Waals surface area contributed by atoms with Gasteiger partial charge in [-0.2, -0.15) is 0 Å². The Morgan fingerprint density at radius 1 is 1.40 bits per heavy atom. The molecule has 0 aliphatic carbocycles. The summed E-state index contributed by atoms with van der Waals surface area (Å²) in [6.07, 6.45) is 2.71. The SMILES string of the molecule is CCCCC(NN)c1ccc(F)cc1F. The first-order chi connectivity index (χ1) is 7.19. The molecule has 0 spiro atoms. The van der Waals surface area contributed by atoms with Gasteiger partial charge in [0.25, 0.3) is 0 Å². The molecular weight excluding hydrogens is 198 g/mol. The maximum absolute atomic E-state index is 13.4. The summed E-state index contributed by atoms with van der Waals surface area (Å²) in [7, 11) is 0. The fraction of sp³-hybridized carbons (Fsp3) is 0.455. The van der Waals surface area contributed by atoms with Crippen LogP contribution in [0.5, 0.6) is 0 Å². The van der Waals surface area contributed by atoms with Gasteiger partial charge in [-0.15, -0.1) is 0 Å². The lowest BCUT2D eigenvalue weighted by Crippen LogP contribution is -2.28. The zero-order valence-corrected chi connectivity index (χ0v) is 8.76. The fourth-order valence-corrected chi connectivity index (χ4v) is 1.52. The lowest BCUT2D eigenvalue weighted by molar-refractivity contribution is 0.466. The predicted molar refractivity (Wildman–Crippen MR) is 55.9 cm³/mol. The quantitative estimate of drug-likeness (QED) is 0.584. The molecule has 1 rings (SSSR count). The van der Waals surface area contributed by atoms with Crippen LogP contribution in [0.15, 0.2) is 18.2 Å². The summed E-state index contributed by atoms with van der Waals surface area (Å²) >= 11 is 0. The highest BCUT2D eigenvalue weighted by Gasteiger charge is 2.14. The molecule has 0 fully saturated rings. The molecule has 1 aromatic carbocycles.